The monoisotopic (exact) mass is 218 g/mol. The first-order valence-corrected chi connectivity index (χ1v) is 5.24. The van der Waals surface area contributed by atoms with Crippen molar-refractivity contribution in [3.8, 4) is 0 Å². The van der Waals surface area contributed by atoms with Crippen LogP contribution in [0.5, 0.6) is 0 Å². The third-order valence-corrected chi connectivity index (χ3v) is 2.87. The Labute approximate surface area is 93.1 Å². The van der Waals surface area contributed by atoms with Crippen LogP contribution in [-0.2, 0) is 13.6 Å². The van der Waals surface area contributed by atoms with Crippen LogP contribution in [-0.4, -0.2) is 15.4 Å². The van der Waals surface area contributed by atoms with E-state index in [-0.39, 0.29) is 5.56 Å². The van der Waals surface area contributed by atoms with Gasteiger partial charge < -0.3 is 9.13 Å². The maximum atomic E-state index is 12.0. The quantitative estimate of drug-likeness (QED) is 0.717. The first kappa shape index (κ1) is 10.7. The maximum Gasteiger partial charge on any atom is 0.260 e. The maximum absolute atomic E-state index is 12.0. The van der Waals surface area contributed by atoms with Crippen LogP contribution in [0.15, 0.2) is 17.2 Å². The van der Waals surface area contributed by atoms with E-state index in [0.29, 0.717) is 10.9 Å². The van der Waals surface area contributed by atoms with Crippen LogP contribution in [0.4, 0.5) is 0 Å². The van der Waals surface area contributed by atoms with Crippen LogP contribution in [0.1, 0.15) is 22.8 Å². The van der Waals surface area contributed by atoms with E-state index in [0.717, 1.165) is 23.9 Å². The lowest BCUT2D eigenvalue weighted by Crippen LogP contribution is -2.17. The van der Waals surface area contributed by atoms with E-state index in [9.17, 15) is 9.59 Å². The molecule has 0 bridgehead atoms. The summed E-state index contributed by atoms with van der Waals surface area (Å²) >= 11 is 0. The highest BCUT2D eigenvalue weighted by molar-refractivity contribution is 5.98. The smallest absolute Gasteiger partial charge is 0.260 e. The van der Waals surface area contributed by atoms with Gasteiger partial charge in [0.15, 0.2) is 6.29 Å². The summed E-state index contributed by atoms with van der Waals surface area (Å²) in [4.78, 5) is 22.9. The number of aldehydes is 1. The molecule has 16 heavy (non-hydrogen) atoms. The summed E-state index contributed by atoms with van der Waals surface area (Å²) in [5, 5.41) is 0.527. The number of aryl methyl sites for hydroxylation is 3. The van der Waals surface area contributed by atoms with Crippen molar-refractivity contribution in [3.05, 3.63) is 33.9 Å². The summed E-state index contributed by atoms with van der Waals surface area (Å²) in [5.74, 6) is 0. The van der Waals surface area contributed by atoms with Gasteiger partial charge in [-0.2, -0.15) is 0 Å². The number of fused-ring (bicyclic) bond motifs is 1. The zero-order valence-electron chi connectivity index (χ0n) is 9.65. The zero-order chi connectivity index (χ0) is 11.9. The van der Waals surface area contributed by atoms with Crippen molar-refractivity contribution in [2.75, 3.05) is 0 Å². The molecule has 0 saturated carbocycles. The summed E-state index contributed by atoms with van der Waals surface area (Å²) in [5.41, 5.74) is 2.23. The molecular formula is C12H14N2O2. The number of hydrogen-bond donors (Lipinski definition) is 0. The molecule has 0 unspecified atom stereocenters. The van der Waals surface area contributed by atoms with Crippen molar-refractivity contribution in [1.29, 1.82) is 0 Å². The fraction of sp³-hybridized carbons (Fsp3) is 0.333. The number of hydrogen-bond acceptors (Lipinski definition) is 2. The van der Waals surface area contributed by atoms with E-state index < -0.39 is 0 Å². The molecule has 0 aliphatic carbocycles. The average molecular weight is 218 g/mol. The molecule has 0 fully saturated rings. The summed E-state index contributed by atoms with van der Waals surface area (Å²) < 4.78 is 3.46. The van der Waals surface area contributed by atoms with Gasteiger partial charge in [0, 0.05) is 31.5 Å². The second-order valence-electron chi connectivity index (χ2n) is 3.94. The Kier molecular flexibility index (Phi) is 2.42. The summed E-state index contributed by atoms with van der Waals surface area (Å²) in [6, 6.07) is 0. The molecule has 4 nitrogen and oxygen atoms in total. The van der Waals surface area contributed by atoms with Gasteiger partial charge in [0.1, 0.15) is 0 Å². The Morgan fingerprint density at radius 2 is 2.06 bits per heavy atom. The van der Waals surface area contributed by atoms with E-state index >= 15 is 0 Å². The molecule has 0 saturated heterocycles. The van der Waals surface area contributed by atoms with Crippen LogP contribution in [0.2, 0.25) is 0 Å². The first-order chi connectivity index (χ1) is 7.60. The second kappa shape index (κ2) is 3.63. The summed E-state index contributed by atoms with van der Waals surface area (Å²) in [7, 11) is 1.70. The molecule has 0 aliphatic rings. The number of rotatable bonds is 2. The molecule has 2 heterocycles. The number of aromatic nitrogens is 2. The first-order valence-electron chi connectivity index (χ1n) is 5.24. The molecule has 2 aromatic heterocycles. The van der Waals surface area contributed by atoms with E-state index in [1.807, 2.05) is 18.4 Å². The van der Waals surface area contributed by atoms with Crippen LogP contribution in [0.25, 0.3) is 10.9 Å². The van der Waals surface area contributed by atoms with Crippen molar-refractivity contribution in [2.24, 2.45) is 7.05 Å². The van der Waals surface area contributed by atoms with Crippen LogP contribution >= 0.6 is 0 Å². The van der Waals surface area contributed by atoms with Gasteiger partial charge in [0.2, 0.25) is 0 Å². The normalized spacial score (nSPS) is 10.9. The Hall–Kier alpha value is -1.84. The zero-order valence-corrected chi connectivity index (χ0v) is 9.65. The van der Waals surface area contributed by atoms with Gasteiger partial charge in [-0.25, -0.2) is 0 Å². The second-order valence-corrected chi connectivity index (χ2v) is 3.94. The molecule has 0 N–H and O–H groups in total. The third kappa shape index (κ3) is 1.30. The van der Waals surface area contributed by atoms with Gasteiger partial charge in [0.05, 0.1) is 10.9 Å². The summed E-state index contributed by atoms with van der Waals surface area (Å²) in [6.45, 7) is 4.69. The Morgan fingerprint density at radius 1 is 1.38 bits per heavy atom. The van der Waals surface area contributed by atoms with E-state index in [1.54, 1.807) is 19.4 Å². The van der Waals surface area contributed by atoms with Gasteiger partial charge in [-0.05, 0) is 19.4 Å². The molecule has 84 valence electrons. The lowest BCUT2D eigenvalue weighted by molar-refractivity contribution is 0.112. The van der Waals surface area contributed by atoms with Crippen molar-refractivity contribution < 1.29 is 4.79 Å². The van der Waals surface area contributed by atoms with Gasteiger partial charge in [-0.15, -0.1) is 0 Å². The molecule has 0 amide bonds. The molecule has 0 aromatic carbocycles. The largest absolute Gasteiger partial charge is 0.347 e. The minimum Gasteiger partial charge on any atom is -0.347 e. The Bertz CT molecular complexity index is 620. The number of carbonyl (C=O) groups is 1. The molecule has 0 aliphatic heterocycles. The number of nitrogens with zero attached hydrogens (tertiary/aromatic N) is 2. The average Bonchev–Trinajstić information content (AvgIpc) is 2.65. The van der Waals surface area contributed by atoms with Crippen LogP contribution < -0.4 is 5.56 Å². The molecular weight excluding hydrogens is 204 g/mol. The molecule has 4 heteroatoms. The Morgan fingerprint density at radius 3 is 2.62 bits per heavy atom. The Balaban J connectivity index is 3.06. The van der Waals surface area contributed by atoms with Gasteiger partial charge >= 0.3 is 0 Å². The SMILES string of the molecule is CCn1cc(C=O)c2c(=O)n(C)cc(C)c21. The minimum atomic E-state index is -0.116. The lowest BCUT2D eigenvalue weighted by Gasteiger charge is -2.05. The van der Waals surface area contributed by atoms with Crippen molar-refractivity contribution in [2.45, 2.75) is 20.4 Å². The van der Waals surface area contributed by atoms with Crippen LogP contribution in [0, 0.1) is 6.92 Å². The lowest BCUT2D eigenvalue weighted by atomic mass is 10.2. The molecule has 2 aromatic rings. The number of carbonyl (C=O) groups excluding carboxylic acids is 1. The van der Waals surface area contributed by atoms with E-state index in [1.165, 1.54) is 4.57 Å². The van der Waals surface area contributed by atoms with E-state index in [4.69, 9.17) is 0 Å². The van der Waals surface area contributed by atoms with Gasteiger partial charge in [0.25, 0.3) is 5.56 Å². The number of pyridine rings is 1. The highest BCUT2D eigenvalue weighted by Crippen LogP contribution is 2.19. The van der Waals surface area contributed by atoms with Crippen molar-refractivity contribution in [3.63, 3.8) is 0 Å². The fourth-order valence-electron chi connectivity index (χ4n) is 2.15. The van der Waals surface area contributed by atoms with Crippen molar-refractivity contribution >= 4 is 17.2 Å². The molecule has 0 atom stereocenters. The molecule has 0 spiro atoms. The third-order valence-electron chi connectivity index (χ3n) is 2.87. The van der Waals surface area contributed by atoms with Gasteiger partial charge in [-0.1, -0.05) is 0 Å². The van der Waals surface area contributed by atoms with Crippen LogP contribution in [0.3, 0.4) is 0 Å². The highest BCUT2D eigenvalue weighted by atomic mass is 16.1. The standard InChI is InChI=1S/C12H14N2O2/c1-4-14-6-9(7-15)10-11(14)8(2)5-13(3)12(10)16/h5-7H,4H2,1-3H3. The summed E-state index contributed by atoms with van der Waals surface area (Å²) in [6.07, 6.45) is 4.28. The predicted molar refractivity (Wildman–Crippen MR) is 63.0 cm³/mol. The van der Waals surface area contributed by atoms with Crippen molar-refractivity contribution in [1.82, 2.24) is 9.13 Å². The van der Waals surface area contributed by atoms with E-state index in [2.05, 4.69) is 0 Å². The van der Waals surface area contributed by atoms with Gasteiger partial charge in [-0.3, -0.25) is 9.59 Å². The minimum absolute atomic E-state index is 0.116. The predicted octanol–water partition coefficient (Wildman–Crippen LogP) is 1.48. The fourth-order valence-corrected chi connectivity index (χ4v) is 2.15. The highest BCUT2D eigenvalue weighted by Gasteiger charge is 2.13. The molecule has 0 radical (unpaired) electrons. The molecule has 2 rings (SSSR count). The topological polar surface area (TPSA) is 44.0 Å².